The number of hydrogen-bond donors (Lipinski definition) is 1. The topological polar surface area (TPSA) is 57.2 Å². The highest BCUT2D eigenvalue weighted by atomic mass is 79.9. The number of hydrogen-bond acceptors (Lipinski definition) is 6. The Balaban J connectivity index is 1.67. The van der Waals surface area contributed by atoms with Crippen molar-refractivity contribution in [1.82, 2.24) is 15.0 Å². The fraction of sp³-hybridized carbons (Fsp3) is 0.400. The summed E-state index contributed by atoms with van der Waals surface area (Å²) in [6, 6.07) is 3.76. The molecule has 1 aliphatic heterocycles. The number of anilines is 3. The van der Waals surface area contributed by atoms with Crippen molar-refractivity contribution in [3.8, 4) is 0 Å². The Kier molecular flexibility index (Phi) is 5.17. The smallest absolute Gasteiger partial charge is 0.227 e. The van der Waals surface area contributed by atoms with Crippen LogP contribution in [0.3, 0.4) is 0 Å². The van der Waals surface area contributed by atoms with E-state index < -0.39 is 0 Å². The predicted molar refractivity (Wildman–Crippen MR) is 97.6 cm³/mol. The van der Waals surface area contributed by atoms with Gasteiger partial charge in [0, 0.05) is 45.1 Å². The number of aromatic nitrogens is 3. The molecule has 1 N–H and O–H groups in total. The van der Waals surface area contributed by atoms with Crippen LogP contribution in [0.2, 0.25) is 5.02 Å². The minimum absolute atomic E-state index is 0.632. The van der Waals surface area contributed by atoms with Gasteiger partial charge in [0.25, 0.3) is 0 Å². The Morgan fingerprint density at radius 2 is 1.96 bits per heavy atom. The van der Waals surface area contributed by atoms with Gasteiger partial charge in [0.15, 0.2) is 0 Å². The van der Waals surface area contributed by atoms with Crippen molar-refractivity contribution in [1.29, 1.82) is 0 Å². The molecule has 2 aromatic heterocycles. The first kappa shape index (κ1) is 16.3. The van der Waals surface area contributed by atoms with Crippen LogP contribution in [-0.2, 0) is 0 Å². The Morgan fingerprint density at radius 1 is 1.22 bits per heavy atom. The second kappa shape index (κ2) is 7.31. The SMILES string of the molecule is CCNc1ccnc(N2CCN(c3ncc(Cl)cc3Br)CC2)n1. The summed E-state index contributed by atoms with van der Waals surface area (Å²) in [5, 5.41) is 3.85. The number of halogens is 2. The molecule has 0 aliphatic carbocycles. The van der Waals surface area contributed by atoms with Gasteiger partial charge in [-0.25, -0.2) is 9.97 Å². The van der Waals surface area contributed by atoms with Crippen molar-refractivity contribution in [3.63, 3.8) is 0 Å². The van der Waals surface area contributed by atoms with Crippen LogP contribution in [0.25, 0.3) is 0 Å². The van der Waals surface area contributed by atoms with Gasteiger partial charge >= 0.3 is 0 Å². The van der Waals surface area contributed by atoms with E-state index in [0.717, 1.165) is 54.8 Å². The molecule has 0 saturated carbocycles. The number of pyridine rings is 1. The monoisotopic (exact) mass is 396 g/mol. The zero-order valence-electron chi connectivity index (χ0n) is 12.8. The van der Waals surface area contributed by atoms with E-state index in [1.165, 1.54) is 0 Å². The largest absolute Gasteiger partial charge is 0.370 e. The lowest BCUT2D eigenvalue weighted by atomic mass is 10.3. The first-order valence-corrected chi connectivity index (χ1v) is 8.72. The van der Waals surface area contributed by atoms with Crippen molar-refractivity contribution < 1.29 is 0 Å². The van der Waals surface area contributed by atoms with Crippen LogP contribution in [0.4, 0.5) is 17.6 Å². The molecule has 8 heteroatoms. The molecule has 0 aromatic carbocycles. The Labute approximate surface area is 149 Å². The van der Waals surface area contributed by atoms with Crippen molar-refractivity contribution in [3.05, 3.63) is 34.0 Å². The molecule has 6 nitrogen and oxygen atoms in total. The molecule has 1 saturated heterocycles. The van der Waals surface area contributed by atoms with Gasteiger partial charge in [-0.15, -0.1) is 0 Å². The zero-order valence-corrected chi connectivity index (χ0v) is 15.2. The van der Waals surface area contributed by atoms with Gasteiger partial charge in [-0.1, -0.05) is 11.6 Å². The van der Waals surface area contributed by atoms with E-state index in [4.69, 9.17) is 11.6 Å². The number of rotatable bonds is 4. The van der Waals surface area contributed by atoms with Crippen LogP contribution < -0.4 is 15.1 Å². The molecule has 0 amide bonds. The van der Waals surface area contributed by atoms with Gasteiger partial charge in [0.05, 0.1) is 9.50 Å². The van der Waals surface area contributed by atoms with Gasteiger partial charge in [-0.2, -0.15) is 4.98 Å². The number of nitrogens with one attached hydrogen (secondary N) is 1. The average molecular weight is 398 g/mol. The molecule has 1 fully saturated rings. The molecule has 3 rings (SSSR count). The highest BCUT2D eigenvalue weighted by Crippen LogP contribution is 2.27. The minimum atomic E-state index is 0.632. The lowest BCUT2D eigenvalue weighted by molar-refractivity contribution is 0.634. The van der Waals surface area contributed by atoms with E-state index in [9.17, 15) is 0 Å². The standard InChI is InChI=1S/C15H18BrClN6/c1-2-18-13-3-4-19-15(21-13)23-7-5-22(6-8-23)14-12(16)9-11(17)10-20-14/h3-4,9-10H,2,5-8H2,1H3,(H,18,19,21). The molecule has 0 radical (unpaired) electrons. The van der Waals surface area contributed by atoms with Crippen LogP contribution in [0.15, 0.2) is 29.0 Å². The molecule has 122 valence electrons. The third-order valence-corrected chi connectivity index (χ3v) is 4.44. The molecule has 1 aliphatic rings. The predicted octanol–water partition coefficient (Wildman–Crippen LogP) is 3.05. The van der Waals surface area contributed by atoms with Crippen LogP contribution >= 0.6 is 27.5 Å². The van der Waals surface area contributed by atoms with Gasteiger partial charge in [0.1, 0.15) is 11.6 Å². The van der Waals surface area contributed by atoms with E-state index in [1.54, 1.807) is 12.4 Å². The lowest BCUT2D eigenvalue weighted by Gasteiger charge is -2.35. The van der Waals surface area contributed by atoms with Crippen LogP contribution in [-0.4, -0.2) is 47.7 Å². The van der Waals surface area contributed by atoms with Gasteiger partial charge in [0.2, 0.25) is 5.95 Å². The summed E-state index contributed by atoms with van der Waals surface area (Å²) in [5.74, 6) is 2.56. The summed E-state index contributed by atoms with van der Waals surface area (Å²) in [6.45, 7) is 6.33. The quantitative estimate of drug-likeness (QED) is 0.856. The summed E-state index contributed by atoms with van der Waals surface area (Å²) in [5.41, 5.74) is 0. The average Bonchev–Trinajstić information content (AvgIpc) is 2.56. The van der Waals surface area contributed by atoms with Crippen molar-refractivity contribution in [2.75, 3.05) is 47.8 Å². The van der Waals surface area contributed by atoms with Crippen molar-refractivity contribution in [2.24, 2.45) is 0 Å². The second-order valence-corrected chi connectivity index (χ2v) is 6.50. The Bertz CT molecular complexity index is 675. The third-order valence-electron chi connectivity index (χ3n) is 3.65. The molecule has 0 atom stereocenters. The fourth-order valence-corrected chi connectivity index (χ4v) is 3.43. The Morgan fingerprint density at radius 3 is 2.65 bits per heavy atom. The molecule has 0 unspecified atom stereocenters. The molecule has 0 bridgehead atoms. The van der Waals surface area contributed by atoms with Crippen LogP contribution in [0.5, 0.6) is 0 Å². The normalized spacial score (nSPS) is 14.9. The maximum atomic E-state index is 5.96. The highest BCUT2D eigenvalue weighted by Gasteiger charge is 2.21. The first-order chi connectivity index (χ1) is 11.2. The Hall–Kier alpha value is -1.60. The van der Waals surface area contributed by atoms with Gasteiger partial charge in [-0.05, 0) is 35.0 Å². The van der Waals surface area contributed by atoms with Gasteiger partial charge in [-0.3, -0.25) is 0 Å². The fourth-order valence-electron chi connectivity index (χ4n) is 2.54. The number of piperazine rings is 1. The van der Waals surface area contributed by atoms with Crippen LogP contribution in [0, 0.1) is 0 Å². The second-order valence-electron chi connectivity index (χ2n) is 5.21. The summed E-state index contributed by atoms with van der Waals surface area (Å²) >= 11 is 9.49. The first-order valence-electron chi connectivity index (χ1n) is 7.55. The molecule has 23 heavy (non-hydrogen) atoms. The summed E-state index contributed by atoms with van der Waals surface area (Å²) in [7, 11) is 0. The van der Waals surface area contributed by atoms with E-state index in [2.05, 4.69) is 52.9 Å². The third kappa shape index (κ3) is 3.84. The van der Waals surface area contributed by atoms with E-state index in [-0.39, 0.29) is 0 Å². The maximum Gasteiger partial charge on any atom is 0.227 e. The molecule has 3 heterocycles. The molecular formula is C15H18BrClN6. The molecule has 0 spiro atoms. The molecular weight excluding hydrogens is 380 g/mol. The summed E-state index contributed by atoms with van der Waals surface area (Å²) < 4.78 is 0.920. The van der Waals surface area contributed by atoms with Gasteiger partial charge < -0.3 is 15.1 Å². The van der Waals surface area contributed by atoms with Crippen molar-refractivity contribution in [2.45, 2.75) is 6.92 Å². The van der Waals surface area contributed by atoms with Crippen molar-refractivity contribution >= 4 is 45.1 Å². The number of nitrogens with zero attached hydrogens (tertiary/aromatic N) is 5. The zero-order chi connectivity index (χ0) is 16.2. The maximum absolute atomic E-state index is 5.96. The van der Waals surface area contributed by atoms with E-state index in [0.29, 0.717) is 5.02 Å². The summed E-state index contributed by atoms with van der Waals surface area (Å²) in [4.78, 5) is 17.8. The van der Waals surface area contributed by atoms with E-state index in [1.807, 2.05) is 12.1 Å². The highest BCUT2D eigenvalue weighted by molar-refractivity contribution is 9.10. The lowest BCUT2D eigenvalue weighted by Crippen LogP contribution is -2.47. The summed E-state index contributed by atoms with van der Waals surface area (Å²) in [6.07, 6.45) is 3.47. The van der Waals surface area contributed by atoms with E-state index >= 15 is 0 Å². The minimum Gasteiger partial charge on any atom is -0.370 e. The van der Waals surface area contributed by atoms with Crippen LogP contribution in [0.1, 0.15) is 6.92 Å². The molecule has 2 aromatic rings.